The zero-order valence-corrected chi connectivity index (χ0v) is 12.2. The van der Waals surface area contributed by atoms with Gasteiger partial charge in [0, 0.05) is 30.3 Å². The lowest BCUT2D eigenvalue weighted by Crippen LogP contribution is -1.99. The third-order valence-corrected chi connectivity index (χ3v) is 3.67. The predicted octanol–water partition coefficient (Wildman–Crippen LogP) is 3.20. The van der Waals surface area contributed by atoms with Crippen molar-refractivity contribution in [1.29, 1.82) is 0 Å². The first-order valence-corrected chi connectivity index (χ1v) is 7.26. The Morgan fingerprint density at radius 1 is 1.17 bits per heavy atom. The summed E-state index contributed by atoms with van der Waals surface area (Å²) in [5, 5.41) is 11.1. The lowest BCUT2D eigenvalue weighted by molar-refractivity contribution is 0.551. The van der Waals surface area contributed by atoms with E-state index in [9.17, 15) is 4.39 Å². The van der Waals surface area contributed by atoms with Crippen LogP contribution in [0, 0.1) is 5.82 Å². The highest BCUT2D eigenvalue weighted by molar-refractivity contribution is 5.80. The van der Waals surface area contributed by atoms with Crippen LogP contribution in [0.1, 0.15) is 22.7 Å². The molecule has 0 saturated heterocycles. The van der Waals surface area contributed by atoms with Crippen molar-refractivity contribution in [3.8, 4) is 0 Å². The molecule has 2 heterocycles. The molecular weight excluding hydrogens is 295 g/mol. The van der Waals surface area contributed by atoms with Crippen molar-refractivity contribution in [3.05, 3.63) is 77.2 Å². The van der Waals surface area contributed by atoms with Gasteiger partial charge in [0.15, 0.2) is 0 Å². The van der Waals surface area contributed by atoms with Gasteiger partial charge >= 0.3 is 6.01 Å². The molecule has 0 saturated carbocycles. The molecule has 1 aromatic carbocycles. The Bertz CT molecular complexity index is 888. The van der Waals surface area contributed by atoms with Crippen molar-refractivity contribution in [1.82, 2.24) is 15.2 Å². The van der Waals surface area contributed by atoms with Crippen molar-refractivity contribution < 1.29 is 8.81 Å². The number of aromatic nitrogens is 3. The molecule has 0 fully saturated rings. The van der Waals surface area contributed by atoms with Gasteiger partial charge in [0.25, 0.3) is 0 Å². The smallest absolute Gasteiger partial charge is 0.316 e. The van der Waals surface area contributed by atoms with Gasteiger partial charge in [-0.2, -0.15) is 0 Å². The highest BCUT2D eigenvalue weighted by Gasteiger charge is 2.20. The summed E-state index contributed by atoms with van der Waals surface area (Å²) in [5.41, 5.74) is 3.74. The molecule has 0 aliphatic heterocycles. The van der Waals surface area contributed by atoms with Crippen LogP contribution in [-0.2, 0) is 13.0 Å². The average molecular weight is 308 g/mol. The number of halogens is 1. The molecule has 1 aliphatic rings. The molecule has 0 unspecified atom stereocenters. The number of fused-ring (bicyclic) bond motifs is 1. The molecule has 3 aromatic rings. The van der Waals surface area contributed by atoms with Crippen molar-refractivity contribution in [2.75, 3.05) is 5.32 Å². The quantitative estimate of drug-likeness (QED) is 0.802. The molecule has 2 aromatic heterocycles. The lowest BCUT2D eigenvalue weighted by Gasteiger charge is -2.02. The van der Waals surface area contributed by atoms with Crippen molar-refractivity contribution in [2.45, 2.75) is 13.0 Å². The Balaban J connectivity index is 1.50. The lowest BCUT2D eigenvalue weighted by atomic mass is 10.1. The molecule has 6 heteroatoms. The van der Waals surface area contributed by atoms with Crippen LogP contribution in [-0.4, -0.2) is 15.2 Å². The summed E-state index contributed by atoms with van der Waals surface area (Å²) in [4.78, 5) is 4.33. The first kappa shape index (κ1) is 13.6. The molecule has 4 rings (SSSR count). The summed E-state index contributed by atoms with van der Waals surface area (Å²) in [6.07, 6.45) is 4.57. The standard InChI is InChI=1S/C17H13FN4O/c18-12-4-1-3-11(9-12)10-20-17-22-21-16(23-17)14-6-7-15-13(14)5-2-8-19-15/h1-6,8-9H,7,10H2,(H,20,22). The molecule has 0 spiro atoms. The Hall–Kier alpha value is -3.02. The fourth-order valence-corrected chi connectivity index (χ4v) is 2.59. The molecule has 23 heavy (non-hydrogen) atoms. The Morgan fingerprint density at radius 2 is 2.13 bits per heavy atom. The molecule has 0 amide bonds. The second kappa shape index (κ2) is 5.64. The second-order valence-corrected chi connectivity index (χ2v) is 5.22. The van der Waals surface area contributed by atoms with Crippen LogP contribution < -0.4 is 5.32 Å². The van der Waals surface area contributed by atoms with E-state index in [0.29, 0.717) is 18.5 Å². The number of anilines is 1. The number of nitrogens with zero attached hydrogens (tertiary/aromatic N) is 3. The molecule has 0 bridgehead atoms. The first-order valence-electron chi connectivity index (χ1n) is 7.26. The highest BCUT2D eigenvalue weighted by Crippen LogP contribution is 2.31. The topological polar surface area (TPSA) is 63.8 Å². The number of pyridine rings is 1. The first-order chi connectivity index (χ1) is 11.3. The van der Waals surface area contributed by atoms with Crippen LogP contribution in [0.15, 0.2) is 53.1 Å². The van der Waals surface area contributed by atoms with Crippen LogP contribution in [0.4, 0.5) is 10.4 Å². The minimum Gasteiger partial charge on any atom is -0.403 e. The summed E-state index contributed by atoms with van der Waals surface area (Å²) < 4.78 is 18.8. The molecule has 0 atom stereocenters. The molecule has 1 N–H and O–H groups in total. The largest absolute Gasteiger partial charge is 0.403 e. The van der Waals surface area contributed by atoms with E-state index in [1.165, 1.54) is 12.1 Å². The molecule has 5 nitrogen and oxygen atoms in total. The summed E-state index contributed by atoms with van der Waals surface area (Å²) in [6.45, 7) is 0.413. The van der Waals surface area contributed by atoms with Gasteiger partial charge in [-0.25, -0.2) is 4.39 Å². The van der Waals surface area contributed by atoms with Gasteiger partial charge in [0.2, 0.25) is 5.89 Å². The number of hydrogen-bond donors (Lipinski definition) is 1. The third-order valence-electron chi connectivity index (χ3n) is 3.67. The van der Waals surface area contributed by atoms with Gasteiger partial charge in [-0.05, 0) is 23.8 Å². The Kier molecular flexibility index (Phi) is 3.34. The van der Waals surface area contributed by atoms with Gasteiger partial charge in [0.1, 0.15) is 5.82 Å². The number of hydrogen-bond acceptors (Lipinski definition) is 5. The zero-order valence-electron chi connectivity index (χ0n) is 12.2. The van der Waals surface area contributed by atoms with Crippen molar-refractivity contribution in [2.24, 2.45) is 0 Å². The fraction of sp³-hybridized carbons (Fsp3) is 0.118. The van der Waals surface area contributed by atoms with Gasteiger partial charge in [0.05, 0.1) is 5.69 Å². The maximum Gasteiger partial charge on any atom is 0.316 e. The van der Waals surface area contributed by atoms with Crippen LogP contribution >= 0.6 is 0 Å². The average Bonchev–Trinajstić information content (AvgIpc) is 3.19. The van der Waals surface area contributed by atoms with E-state index in [4.69, 9.17) is 4.42 Å². The second-order valence-electron chi connectivity index (χ2n) is 5.22. The van der Waals surface area contributed by atoms with E-state index in [-0.39, 0.29) is 5.82 Å². The number of nitrogens with one attached hydrogen (secondary N) is 1. The summed E-state index contributed by atoms with van der Waals surface area (Å²) in [5.74, 6) is 0.189. The van der Waals surface area contributed by atoms with E-state index < -0.39 is 0 Å². The van der Waals surface area contributed by atoms with E-state index in [1.807, 2.05) is 24.3 Å². The molecule has 0 radical (unpaired) electrons. The van der Waals surface area contributed by atoms with Gasteiger partial charge in [-0.1, -0.05) is 29.4 Å². The summed E-state index contributed by atoms with van der Waals surface area (Å²) in [7, 11) is 0. The van der Waals surface area contributed by atoms with Crippen LogP contribution in [0.3, 0.4) is 0 Å². The Morgan fingerprint density at radius 3 is 3.04 bits per heavy atom. The van der Waals surface area contributed by atoms with E-state index >= 15 is 0 Å². The van der Waals surface area contributed by atoms with E-state index in [2.05, 4.69) is 20.5 Å². The highest BCUT2D eigenvalue weighted by atomic mass is 19.1. The van der Waals surface area contributed by atoms with Crippen molar-refractivity contribution >= 4 is 11.6 Å². The molecule has 114 valence electrons. The van der Waals surface area contributed by atoms with Gasteiger partial charge in [-0.15, -0.1) is 5.10 Å². The summed E-state index contributed by atoms with van der Waals surface area (Å²) >= 11 is 0. The maximum absolute atomic E-state index is 13.1. The number of benzene rings is 1. The minimum absolute atomic E-state index is 0.268. The van der Waals surface area contributed by atoms with Crippen LogP contribution in [0.25, 0.3) is 5.57 Å². The van der Waals surface area contributed by atoms with Gasteiger partial charge in [-0.3, -0.25) is 4.98 Å². The fourth-order valence-electron chi connectivity index (χ4n) is 2.59. The van der Waals surface area contributed by atoms with Crippen molar-refractivity contribution in [3.63, 3.8) is 0 Å². The maximum atomic E-state index is 13.1. The Labute approximate surface area is 131 Å². The molecular formula is C17H13FN4O. The van der Waals surface area contributed by atoms with Gasteiger partial charge < -0.3 is 9.73 Å². The summed E-state index contributed by atoms with van der Waals surface area (Å²) in [6, 6.07) is 10.6. The number of allylic oxidation sites excluding steroid dienone is 1. The SMILES string of the molecule is Fc1cccc(CNc2nnc(C3=CCc4ncccc43)o2)c1. The predicted molar refractivity (Wildman–Crippen MR) is 83.0 cm³/mol. The third kappa shape index (κ3) is 2.70. The minimum atomic E-state index is -0.268. The number of rotatable bonds is 4. The van der Waals surface area contributed by atoms with Crippen LogP contribution in [0.5, 0.6) is 0 Å². The van der Waals surface area contributed by atoms with E-state index in [1.54, 1.807) is 12.3 Å². The zero-order chi connectivity index (χ0) is 15.6. The molecule has 1 aliphatic carbocycles. The van der Waals surface area contributed by atoms with E-state index in [0.717, 1.165) is 28.8 Å². The normalized spacial score (nSPS) is 12.8. The van der Waals surface area contributed by atoms with Crippen LogP contribution in [0.2, 0.25) is 0 Å². The monoisotopic (exact) mass is 308 g/mol.